The number of benzene rings is 3. The number of likely N-dealkylation sites (N-methyl/N-ethyl adjacent to an activating group) is 1. The normalized spacial score (nSPS) is 14.3. The lowest BCUT2D eigenvalue weighted by Gasteiger charge is -2.29. The van der Waals surface area contributed by atoms with Gasteiger partial charge >= 0.3 is 0 Å². The Labute approximate surface area is 239 Å². The number of nitrogen functional groups attached to an aromatic ring is 1. The summed E-state index contributed by atoms with van der Waals surface area (Å²) in [7, 11) is -1.93. The number of nitrogens with one attached hydrogen (secondary N) is 1. The molecule has 214 valence electrons. The molecular weight excluding hydrogens is 543 g/mol. The first kappa shape index (κ1) is 28.4. The Morgan fingerprint density at radius 3 is 2.66 bits per heavy atom. The van der Waals surface area contributed by atoms with Gasteiger partial charge in [-0.25, -0.2) is 17.8 Å². The van der Waals surface area contributed by atoms with Crippen LogP contribution in [0.5, 0.6) is 5.75 Å². The van der Waals surface area contributed by atoms with E-state index in [-0.39, 0.29) is 17.0 Å². The van der Waals surface area contributed by atoms with Gasteiger partial charge in [0.2, 0.25) is 5.91 Å². The zero-order chi connectivity index (χ0) is 29.1. The number of hydrogen-bond donors (Lipinski definition) is 2. The lowest BCUT2D eigenvalue weighted by Crippen LogP contribution is -2.36. The number of carbonyl (C=O) groups excluding carboxylic acids is 1. The van der Waals surface area contributed by atoms with Gasteiger partial charge < -0.3 is 20.7 Å². The van der Waals surface area contributed by atoms with Crippen molar-refractivity contribution in [2.75, 3.05) is 24.7 Å². The van der Waals surface area contributed by atoms with E-state index in [0.717, 1.165) is 17.2 Å². The second-order valence-corrected chi connectivity index (χ2v) is 12.4. The number of carbonyl (C=O) groups is 1. The zero-order valence-corrected chi connectivity index (χ0v) is 23.8. The predicted octanol–water partition coefficient (Wildman–Crippen LogP) is 5.49. The molecule has 0 saturated heterocycles. The summed E-state index contributed by atoms with van der Waals surface area (Å²) in [4.78, 5) is 19.8. The standard InChI is InChI=1S/C31H33FN4O4S/c1-3-40-23-12-14-27(32)26(18-23)29(35-22-11-13-25-20(17-22)15-16-34-30(25)33)31(37)36(2)19-21-7-4-5-10-28(21)41(38,39)24-8-6-9-24/h4-5,7,10-18,24,29,35H,3,6,8-9,19H2,1-2H3,(H2,33,34). The van der Waals surface area contributed by atoms with Crippen LogP contribution in [0.4, 0.5) is 15.9 Å². The molecule has 1 atom stereocenters. The Kier molecular flexibility index (Phi) is 8.12. The molecule has 8 nitrogen and oxygen atoms in total. The molecule has 1 aliphatic rings. The molecule has 5 rings (SSSR count). The summed E-state index contributed by atoms with van der Waals surface area (Å²) in [6, 6.07) is 17.1. The van der Waals surface area contributed by atoms with Gasteiger partial charge in [-0.15, -0.1) is 0 Å². The van der Waals surface area contributed by atoms with Crippen molar-refractivity contribution in [3.8, 4) is 5.75 Å². The average Bonchev–Trinajstić information content (AvgIpc) is 2.92. The summed E-state index contributed by atoms with van der Waals surface area (Å²) in [5.41, 5.74) is 7.20. The zero-order valence-electron chi connectivity index (χ0n) is 23.0. The molecule has 1 unspecified atom stereocenters. The van der Waals surface area contributed by atoms with Crippen LogP contribution in [0.3, 0.4) is 0 Å². The molecule has 0 spiro atoms. The second-order valence-electron chi connectivity index (χ2n) is 10.2. The maximum Gasteiger partial charge on any atom is 0.249 e. The molecule has 10 heteroatoms. The topological polar surface area (TPSA) is 115 Å². The first-order valence-electron chi connectivity index (χ1n) is 13.6. The van der Waals surface area contributed by atoms with Crippen molar-refractivity contribution in [3.05, 3.63) is 89.9 Å². The third-order valence-corrected chi connectivity index (χ3v) is 9.86. The number of nitrogens with two attached hydrogens (primary N) is 1. The minimum Gasteiger partial charge on any atom is -0.494 e. The highest BCUT2D eigenvalue weighted by Gasteiger charge is 2.35. The summed E-state index contributed by atoms with van der Waals surface area (Å²) in [6.45, 7) is 2.23. The van der Waals surface area contributed by atoms with E-state index in [4.69, 9.17) is 10.5 Å². The van der Waals surface area contributed by atoms with Gasteiger partial charge in [-0.2, -0.15) is 0 Å². The van der Waals surface area contributed by atoms with Gasteiger partial charge in [0, 0.05) is 36.4 Å². The number of aromatic nitrogens is 1. The molecular formula is C31H33FN4O4S. The molecule has 3 N–H and O–H groups in total. The van der Waals surface area contributed by atoms with Crippen molar-refractivity contribution in [1.82, 2.24) is 9.88 Å². The fraction of sp³-hybridized carbons (Fsp3) is 0.290. The van der Waals surface area contributed by atoms with Crippen molar-refractivity contribution in [2.24, 2.45) is 0 Å². The van der Waals surface area contributed by atoms with Gasteiger partial charge in [0.25, 0.3) is 0 Å². The molecule has 1 aliphatic carbocycles. The number of hydrogen-bond acceptors (Lipinski definition) is 7. The number of sulfone groups is 1. The monoisotopic (exact) mass is 576 g/mol. The molecule has 1 amide bonds. The van der Waals surface area contributed by atoms with Crippen molar-refractivity contribution < 1.29 is 22.3 Å². The molecule has 1 aromatic heterocycles. The van der Waals surface area contributed by atoms with Gasteiger partial charge in [-0.05, 0) is 79.2 Å². The number of nitrogens with zero attached hydrogens (tertiary/aromatic N) is 2. The van der Waals surface area contributed by atoms with Crippen LogP contribution in [0.2, 0.25) is 0 Å². The van der Waals surface area contributed by atoms with Gasteiger partial charge in [-0.3, -0.25) is 4.79 Å². The minimum absolute atomic E-state index is 0.0336. The Morgan fingerprint density at radius 2 is 1.93 bits per heavy atom. The van der Waals surface area contributed by atoms with Gasteiger partial charge in [0.1, 0.15) is 23.4 Å². The highest BCUT2D eigenvalue weighted by Crippen LogP contribution is 2.34. The van der Waals surface area contributed by atoms with Crippen molar-refractivity contribution in [2.45, 2.75) is 48.9 Å². The molecule has 3 aromatic carbocycles. The average molecular weight is 577 g/mol. The van der Waals surface area contributed by atoms with Crippen LogP contribution in [0.15, 0.2) is 77.8 Å². The van der Waals surface area contributed by atoms with E-state index in [1.807, 2.05) is 13.0 Å². The molecule has 0 aliphatic heterocycles. The number of ether oxygens (including phenoxy) is 1. The molecule has 0 bridgehead atoms. The summed E-state index contributed by atoms with van der Waals surface area (Å²) >= 11 is 0. The predicted molar refractivity (Wildman–Crippen MR) is 158 cm³/mol. The van der Waals surface area contributed by atoms with Crippen molar-refractivity contribution in [1.29, 1.82) is 0 Å². The first-order valence-corrected chi connectivity index (χ1v) is 15.1. The summed E-state index contributed by atoms with van der Waals surface area (Å²) in [5, 5.41) is 4.36. The largest absolute Gasteiger partial charge is 0.494 e. The lowest BCUT2D eigenvalue weighted by molar-refractivity contribution is -0.131. The number of amides is 1. The highest BCUT2D eigenvalue weighted by molar-refractivity contribution is 7.92. The Bertz CT molecular complexity index is 1690. The van der Waals surface area contributed by atoms with Gasteiger partial charge in [0.05, 0.1) is 16.8 Å². The molecule has 1 fully saturated rings. The van der Waals surface area contributed by atoms with Crippen LogP contribution < -0.4 is 15.8 Å². The second kappa shape index (κ2) is 11.7. The quantitative estimate of drug-likeness (QED) is 0.256. The van der Waals surface area contributed by atoms with E-state index in [1.54, 1.807) is 55.7 Å². The van der Waals surface area contributed by atoms with Crippen LogP contribution in [-0.4, -0.2) is 43.1 Å². The minimum atomic E-state index is -3.51. The number of pyridine rings is 1. The Hall–Kier alpha value is -4.18. The van der Waals surface area contributed by atoms with E-state index in [1.165, 1.54) is 23.1 Å². The van der Waals surface area contributed by atoms with E-state index >= 15 is 4.39 Å². The maximum absolute atomic E-state index is 15.3. The number of anilines is 2. The van der Waals surface area contributed by atoms with E-state index < -0.39 is 32.9 Å². The third kappa shape index (κ3) is 5.83. The number of rotatable bonds is 10. The molecule has 1 heterocycles. The van der Waals surface area contributed by atoms with Crippen LogP contribution in [-0.2, 0) is 21.2 Å². The summed E-state index contributed by atoms with van der Waals surface area (Å²) in [6.07, 6.45) is 3.76. The van der Waals surface area contributed by atoms with E-state index in [2.05, 4.69) is 10.3 Å². The molecule has 0 radical (unpaired) electrons. The maximum atomic E-state index is 15.3. The van der Waals surface area contributed by atoms with Gasteiger partial charge in [-0.1, -0.05) is 24.6 Å². The smallest absolute Gasteiger partial charge is 0.249 e. The van der Waals surface area contributed by atoms with E-state index in [9.17, 15) is 13.2 Å². The fourth-order valence-corrected chi connectivity index (χ4v) is 7.14. The Morgan fingerprint density at radius 1 is 1.15 bits per heavy atom. The Balaban J connectivity index is 1.50. The third-order valence-electron chi connectivity index (χ3n) is 7.50. The fourth-order valence-electron chi connectivity index (χ4n) is 5.06. The highest BCUT2D eigenvalue weighted by atomic mass is 32.2. The molecule has 1 saturated carbocycles. The molecule has 41 heavy (non-hydrogen) atoms. The van der Waals surface area contributed by atoms with Crippen LogP contribution >= 0.6 is 0 Å². The van der Waals surface area contributed by atoms with Crippen LogP contribution in [0.25, 0.3) is 10.8 Å². The molecule has 4 aromatic rings. The lowest BCUT2D eigenvalue weighted by atomic mass is 10.00. The van der Waals surface area contributed by atoms with E-state index in [0.29, 0.717) is 42.3 Å². The van der Waals surface area contributed by atoms with Gasteiger partial charge in [0.15, 0.2) is 9.84 Å². The first-order chi connectivity index (χ1) is 19.7. The van der Waals surface area contributed by atoms with Crippen molar-refractivity contribution in [3.63, 3.8) is 0 Å². The number of halogens is 1. The van der Waals surface area contributed by atoms with Crippen LogP contribution in [0.1, 0.15) is 43.4 Å². The summed E-state index contributed by atoms with van der Waals surface area (Å²) in [5.74, 6) is -0.203. The summed E-state index contributed by atoms with van der Waals surface area (Å²) < 4.78 is 47.4. The number of fused-ring (bicyclic) bond motifs is 1. The van der Waals surface area contributed by atoms with Crippen LogP contribution in [0, 0.1) is 5.82 Å². The SMILES string of the molecule is CCOc1ccc(F)c(C(Nc2ccc3c(N)nccc3c2)C(=O)N(C)Cc2ccccc2S(=O)(=O)C2CCC2)c1. The van der Waals surface area contributed by atoms with Crippen molar-refractivity contribution >= 4 is 38.0 Å².